The molecule has 0 aliphatic rings. The summed E-state index contributed by atoms with van der Waals surface area (Å²) >= 11 is 0. The number of nitrogens with two attached hydrogens (primary N) is 1. The van der Waals surface area contributed by atoms with Gasteiger partial charge < -0.3 is 25.6 Å². The Bertz CT molecular complexity index is 357. The minimum atomic E-state index is -0.885. The molecule has 0 spiro atoms. The average Bonchev–Trinajstić information content (AvgIpc) is 2.22. The zero-order valence-corrected chi connectivity index (χ0v) is 13.7. The van der Waals surface area contributed by atoms with Crippen LogP contribution < -0.4 is 11.1 Å². The normalized spacial score (nSPS) is 15.0. The standard InChI is InChI=1S/C14H28N2O5/c1-13(2,3)10(20-11(15)18)7-9(8-17)16-12(19)21-14(4,5)6/h9-10,17H,7-8H2,1-6H3,(H2,15,18)(H,16,19)/t9-,10?/m0/s1. The van der Waals surface area contributed by atoms with Gasteiger partial charge in [0.2, 0.25) is 0 Å². The first kappa shape index (κ1) is 19.5. The number of aliphatic hydroxyl groups excluding tert-OH is 1. The number of carbonyl (C=O) groups is 2. The van der Waals surface area contributed by atoms with Gasteiger partial charge in [0.05, 0.1) is 12.6 Å². The maximum Gasteiger partial charge on any atom is 0.407 e. The Kier molecular flexibility index (Phi) is 6.96. The van der Waals surface area contributed by atoms with E-state index in [0.717, 1.165) is 0 Å². The first-order valence-corrected chi connectivity index (χ1v) is 6.91. The third kappa shape index (κ3) is 9.12. The van der Waals surface area contributed by atoms with Crippen LogP contribution in [-0.4, -0.2) is 41.6 Å². The summed E-state index contributed by atoms with van der Waals surface area (Å²) in [5, 5.41) is 11.9. The van der Waals surface area contributed by atoms with Crippen LogP contribution in [0.3, 0.4) is 0 Å². The van der Waals surface area contributed by atoms with E-state index in [4.69, 9.17) is 15.2 Å². The van der Waals surface area contributed by atoms with E-state index in [1.54, 1.807) is 20.8 Å². The molecule has 0 bridgehead atoms. The minimum Gasteiger partial charge on any atom is -0.446 e. The molecule has 0 rings (SSSR count). The number of aliphatic hydroxyl groups is 1. The van der Waals surface area contributed by atoms with Crippen LogP contribution in [0.2, 0.25) is 0 Å². The Morgan fingerprint density at radius 3 is 2.05 bits per heavy atom. The van der Waals surface area contributed by atoms with Crippen molar-refractivity contribution in [3.63, 3.8) is 0 Å². The highest BCUT2D eigenvalue weighted by atomic mass is 16.6. The molecule has 0 aliphatic heterocycles. The quantitative estimate of drug-likeness (QED) is 0.717. The number of rotatable bonds is 5. The fourth-order valence-electron chi connectivity index (χ4n) is 1.63. The van der Waals surface area contributed by atoms with E-state index in [0.29, 0.717) is 0 Å². The molecule has 1 unspecified atom stereocenters. The largest absolute Gasteiger partial charge is 0.446 e. The predicted molar refractivity (Wildman–Crippen MR) is 78.8 cm³/mol. The predicted octanol–water partition coefficient (Wildman–Crippen LogP) is 1.77. The average molecular weight is 304 g/mol. The van der Waals surface area contributed by atoms with Crippen molar-refractivity contribution in [2.24, 2.45) is 11.1 Å². The van der Waals surface area contributed by atoms with E-state index in [9.17, 15) is 14.7 Å². The van der Waals surface area contributed by atoms with Gasteiger partial charge in [-0.25, -0.2) is 9.59 Å². The van der Waals surface area contributed by atoms with Crippen LogP contribution in [0.25, 0.3) is 0 Å². The molecule has 0 radical (unpaired) electrons. The van der Waals surface area contributed by atoms with Gasteiger partial charge in [0.15, 0.2) is 0 Å². The number of ether oxygens (including phenoxy) is 2. The van der Waals surface area contributed by atoms with Crippen molar-refractivity contribution in [3.8, 4) is 0 Å². The number of carbonyl (C=O) groups excluding carboxylic acids is 2. The third-order valence-corrected chi connectivity index (χ3v) is 2.66. The Labute approximate surface area is 126 Å². The first-order valence-electron chi connectivity index (χ1n) is 6.91. The Morgan fingerprint density at radius 1 is 1.19 bits per heavy atom. The maximum absolute atomic E-state index is 11.7. The van der Waals surface area contributed by atoms with Crippen LogP contribution in [0, 0.1) is 5.41 Å². The van der Waals surface area contributed by atoms with E-state index in [1.807, 2.05) is 20.8 Å². The molecule has 0 aliphatic carbocycles. The highest BCUT2D eigenvalue weighted by molar-refractivity contribution is 5.68. The lowest BCUT2D eigenvalue weighted by Gasteiger charge is -2.32. The molecular weight excluding hydrogens is 276 g/mol. The van der Waals surface area contributed by atoms with Gasteiger partial charge in [-0.05, 0) is 26.2 Å². The second-order valence-electron chi connectivity index (χ2n) is 7.05. The molecule has 7 heteroatoms. The zero-order chi connectivity index (χ0) is 16.8. The lowest BCUT2D eigenvalue weighted by molar-refractivity contribution is 0.0150. The minimum absolute atomic E-state index is 0.238. The van der Waals surface area contributed by atoms with Crippen molar-refractivity contribution in [3.05, 3.63) is 0 Å². The van der Waals surface area contributed by atoms with Crippen LogP contribution in [-0.2, 0) is 9.47 Å². The summed E-state index contributed by atoms with van der Waals surface area (Å²) in [6.45, 7) is 10.6. The number of nitrogens with one attached hydrogen (secondary N) is 1. The van der Waals surface area contributed by atoms with Gasteiger partial charge in [-0.2, -0.15) is 0 Å². The van der Waals surface area contributed by atoms with Gasteiger partial charge in [-0.15, -0.1) is 0 Å². The van der Waals surface area contributed by atoms with Gasteiger partial charge in [-0.3, -0.25) is 0 Å². The lowest BCUT2D eigenvalue weighted by atomic mass is 9.85. The molecule has 2 amide bonds. The number of hydrogen-bond acceptors (Lipinski definition) is 5. The molecule has 2 atom stereocenters. The molecule has 0 saturated heterocycles. The van der Waals surface area contributed by atoms with Crippen LogP contribution in [0.5, 0.6) is 0 Å². The molecule has 124 valence electrons. The van der Waals surface area contributed by atoms with Crippen molar-refractivity contribution in [1.29, 1.82) is 0 Å². The van der Waals surface area contributed by atoms with Crippen LogP contribution in [0.1, 0.15) is 48.0 Å². The van der Waals surface area contributed by atoms with Crippen LogP contribution >= 0.6 is 0 Å². The van der Waals surface area contributed by atoms with Gasteiger partial charge in [0.1, 0.15) is 11.7 Å². The summed E-state index contributed by atoms with van der Waals surface area (Å²) in [6, 6.07) is -0.594. The molecule has 0 aromatic carbocycles. The summed E-state index contributed by atoms with van der Waals surface area (Å²) < 4.78 is 10.2. The molecule has 4 N–H and O–H groups in total. The number of hydrogen-bond donors (Lipinski definition) is 3. The maximum atomic E-state index is 11.7. The smallest absolute Gasteiger partial charge is 0.407 e. The third-order valence-electron chi connectivity index (χ3n) is 2.66. The molecule has 21 heavy (non-hydrogen) atoms. The zero-order valence-electron chi connectivity index (χ0n) is 13.7. The van der Waals surface area contributed by atoms with E-state index in [2.05, 4.69) is 5.32 Å². The van der Waals surface area contributed by atoms with E-state index in [-0.39, 0.29) is 18.4 Å². The molecule has 7 nitrogen and oxygen atoms in total. The summed E-state index contributed by atoms with van der Waals surface area (Å²) in [7, 11) is 0. The second kappa shape index (κ2) is 7.49. The van der Waals surface area contributed by atoms with E-state index in [1.165, 1.54) is 0 Å². The molecular formula is C14H28N2O5. The van der Waals surface area contributed by atoms with Crippen LogP contribution in [0.4, 0.5) is 9.59 Å². The summed E-state index contributed by atoms with van der Waals surface area (Å²) in [4.78, 5) is 22.7. The van der Waals surface area contributed by atoms with Crippen LogP contribution in [0.15, 0.2) is 0 Å². The second-order valence-corrected chi connectivity index (χ2v) is 7.05. The van der Waals surface area contributed by atoms with Crippen molar-refractivity contribution in [2.75, 3.05) is 6.61 Å². The summed E-state index contributed by atoms with van der Waals surface area (Å²) in [6.07, 6.45) is -1.82. The first-order chi connectivity index (χ1) is 9.35. The van der Waals surface area contributed by atoms with Gasteiger partial charge in [0.25, 0.3) is 0 Å². The Hall–Kier alpha value is -1.50. The molecule has 0 heterocycles. The Morgan fingerprint density at radius 2 is 1.71 bits per heavy atom. The van der Waals surface area contributed by atoms with Crippen molar-refractivity contribution in [2.45, 2.75) is 65.7 Å². The number of amides is 2. The monoisotopic (exact) mass is 304 g/mol. The SMILES string of the molecule is CC(C)(C)OC(=O)N[C@H](CO)CC(OC(N)=O)C(C)(C)C. The number of alkyl carbamates (subject to hydrolysis) is 1. The topological polar surface area (TPSA) is 111 Å². The van der Waals surface area contributed by atoms with Gasteiger partial charge >= 0.3 is 12.2 Å². The highest BCUT2D eigenvalue weighted by Crippen LogP contribution is 2.26. The van der Waals surface area contributed by atoms with Crippen molar-refractivity contribution >= 4 is 12.2 Å². The summed E-state index contributed by atoms with van der Waals surface area (Å²) in [5.41, 5.74) is 4.05. The number of primary amides is 1. The molecule has 0 aromatic rings. The fraction of sp³-hybridized carbons (Fsp3) is 0.857. The van der Waals surface area contributed by atoms with E-state index < -0.39 is 29.9 Å². The fourth-order valence-corrected chi connectivity index (χ4v) is 1.63. The van der Waals surface area contributed by atoms with Gasteiger partial charge in [0, 0.05) is 6.42 Å². The van der Waals surface area contributed by atoms with E-state index >= 15 is 0 Å². The molecule has 0 aromatic heterocycles. The highest BCUT2D eigenvalue weighted by Gasteiger charge is 2.31. The van der Waals surface area contributed by atoms with Gasteiger partial charge in [-0.1, -0.05) is 20.8 Å². The van der Waals surface area contributed by atoms with Crippen molar-refractivity contribution in [1.82, 2.24) is 5.32 Å². The molecule has 0 fully saturated rings. The van der Waals surface area contributed by atoms with Crippen molar-refractivity contribution < 1.29 is 24.2 Å². The Balaban J connectivity index is 4.71. The summed E-state index contributed by atoms with van der Waals surface area (Å²) in [5.74, 6) is 0. The molecule has 0 saturated carbocycles. The lowest BCUT2D eigenvalue weighted by Crippen LogP contribution is -2.46.